The van der Waals surface area contributed by atoms with Gasteiger partial charge in [0.2, 0.25) is 5.91 Å². The second-order valence-corrected chi connectivity index (χ2v) is 4.50. The first kappa shape index (κ1) is 12.9. The van der Waals surface area contributed by atoms with E-state index in [1.54, 1.807) is 0 Å². The van der Waals surface area contributed by atoms with E-state index in [4.69, 9.17) is 4.74 Å². The third-order valence-electron chi connectivity index (χ3n) is 3.12. The van der Waals surface area contributed by atoms with Gasteiger partial charge in [-0.05, 0) is 26.1 Å². The van der Waals surface area contributed by atoms with Crippen LogP contribution in [0.25, 0.3) is 0 Å². The van der Waals surface area contributed by atoms with Gasteiger partial charge < -0.3 is 15.4 Å². The molecule has 0 radical (unpaired) electrons. The summed E-state index contributed by atoms with van der Waals surface area (Å²) in [4.78, 5) is 11.8. The molecule has 4 heteroatoms. The lowest BCUT2D eigenvalue weighted by Crippen LogP contribution is -2.32. The minimum atomic E-state index is 0.0945. The van der Waals surface area contributed by atoms with Crippen molar-refractivity contribution in [2.75, 3.05) is 20.2 Å². The average Bonchev–Trinajstić information content (AvgIpc) is 2.39. The van der Waals surface area contributed by atoms with Crippen LogP contribution in [0.15, 0.2) is 24.3 Å². The molecular weight excluding hydrogens is 228 g/mol. The Bertz CT molecular complexity index is 407. The van der Waals surface area contributed by atoms with E-state index in [0.717, 1.165) is 30.7 Å². The molecule has 0 spiro atoms. The van der Waals surface area contributed by atoms with Gasteiger partial charge in [-0.15, -0.1) is 0 Å². The average molecular weight is 248 g/mol. The lowest BCUT2D eigenvalue weighted by atomic mass is 10.0. The third-order valence-corrected chi connectivity index (χ3v) is 3.12. The molecule has 98 valence electrons. The molecule has 0 fully saturated rings. The minimum absolute atomic E-state index is 0.0945. The van der Waals surface area contributed by atoms with Gasteiger partial charge in [0, 0.05) is 18.4 Å². The van der Waals surface area contributed by atoms with Crippen LogP contribution in [0.1, 0.15) is 30.9 Å². The van der Waals surface area contributed by atoms with Crippen LogP contribution in [0.2, 0.25) is 0 Å². The largest absolute Gasteiger partial charge is 0.493 e. The fourth-order valence-electron chi connectivity index (χ4n) is 2.18. The fraction of sp³-hybridized carbons (Fsp3) is 0.500. The molecule has 0 aromatic heterocycles. The molecule has 2 N–H and O–H groups in total. The molecule has 1 amide bonds. The summed E-state index contributed by atoms with van der Waals surface area (Å²) in [6.45, 7) is 1.54. The topological polar surface area (TPSA) is 50.4 Å². The first-order valence-electron chi connectivity index (χ1n) is 6.47. The van der Waals surface area contributed by atoms with Crippen molar-refractivity contribution in [3.63, 3.8) is 0 Å². The van der Waals surface area contributed by atoms with Crippen molar-refractivity contribution >= 4 is 5.91 Å². The maximum Gasteiger partial charge on any atom is 0.220 e. The van der Waals surface area contributed by atoms with Crippen molar-refractivity contribution in [3.05, 3.63) is 29.8 Å². The second-order valence-electron chi connectivity index (χ2n) is 4.50. The fourth-order valence-corrected chi connectivity index (χ4v) is 2.18. The summed E-state index contributed by atoms with van der Waals surface area (Å²) >= 11 is 0. The summed E-state index contributed by atoms with van der Waals surface area (Å²) in [7, 11) is 1.90. The number of benzene rings is 1. The van der Waals surface area contributed by atoms with Gasteiger partial charge >= 0.3 is 0 Å². The molecule has 1 aromatic carbocycles. The van der Waals surface area contributed by atoms with Crippen LogP contribution in [-0.2, 0) is 4.79 Å². The van der Waals surface area contributed by atoms with Crippen LogP contribution >= 0.6 is 0 Å². The predicted octanol–water partition coefficient (Wildman–Crippen LogP) is 1.63. The summed E-state index contributed by atoms with van der Waals surface area (Å²) < 4.78 is 5.57. The quantitative estimate of drug-likeness (QED) is 0.779. The molecular formula is C14H20N2O2. The van der Waals surface area contributed by atoms with Crippen LogP contribution in [-0.4, -0.2) is 26.1 Å². The zero-order chi connectivity index (χ0) is 12.8. The van der Waals surface area contributed by atoms with Crippen molar-refractivity contribution in [1.29, 1.82) is 0 Å². The summed E-state index contributed by atoms with van der Waals surface area (Å²) in [5.41, 5.74) is 1.09. The van der Waals surface area contributed by atoms with E-state index in [9.17, 15) is 4.79 Å². The van der Waals surface area contributed by atoms with E-state index in [1.807, 2.05) is 31.3 Å². The Kier molecular flexibility index (Phi) is 4.59. The number of fused-ring (bicyclic) bond motifs is 1. The Balaban J connectivity index is 1.92. The molecule has 0 bridgehead atoms. The van der Waals surface area contributed by atoms with Gasteiger partial charge in [-0.3, -0.25) is 4.79 Å². The maximum atomic E-state index is 11.8. The molecule has 0 saturated carbocycles. The van der Waals surface area contributed by atoms with Crippen molar-refractivity contribution < 1.29 is 9.53 Å². The molecule has 1 aromatic rings. The van der Waals surface area contributed by atoms with Gasteiger partial charge in [-0.1, -0.05) is 18.2 Å². The SMILES string of the molecule is CNCCCC(=O)NC1CCOc2ccccc21. The molecule has 1 aliphatic heterocycles. The number of rotatable bonds is 5. The lowest BCUT2D eigenvalue weighted by molar-refractivity contribution is -0.122. The Labute approximate surface area is 108 Å². The highest BCUT2D eigenvalue weighted by atomic mass is 16.5. The number of hydrogen-bond acceptors (Lipinski definition) is 3. The van der Waals surface area contributed by atoms with Crippen LogP contribution in [0, 0.1) is 0 Å². The summed E-state index contributed by atoms with van der Waals surface area (Å²) in [5.74, 6) is 1.01. The third kappa shape index (κ3) is 3.23. The zero-order valence-corrected chi connectivity index (χ0v) is 10.7. The van der Waals surface area contributed by atoms with Gasteiger partial charge in [0.1, 0.15) is 5.75 Å². The standard InChI is InChI=1S/C14H20N2O2/c1-15-9-4-7-14(17)16-12-8-10-18-13-6-3-2-5-11(12)13/h2-3,5-6,12,15H,4,7-10H2,1H3,(H,16,17). The lowest BCUT2D eigenvalue weighted by Gasteiger charge is -2.26. The summed E-state index contributed by atoms with van der Waals surface area (Å²) in [6.07, 6.45) is 2.28. The highest BCUT2D eigenvalue weighted by Crippen LogP contribution is 2.31. The Morgan fingerprint density at radius 1 is 1.44 bits per heavy atom. The van der Waals surface area contributed by atoms with Crippen molar-refractivity contribution in [3.8, 4) is 5.75 Å². The number of carbonyl (C=O) groups excluding carboxylic acids is 1. The monoisotopic (exact) mass is 248 g/mol. The molecule has 1 heterocycles. The van der Waals surface area contributed by atoms with E-state index < -0.39 is 0 Å². The Morgan fingerprint density at radius 3 is 3.11 bits per heavy atom. The number of para-hydroxylation sites is 1. The van der Waals surface area contributed by atoms with Crippen LogP contribution in [0.5, 0.6) is 5.75 Å². The number of ether oxygens (including phenoxy) is 1. The molecule has 0 aliphatic carbocycles. The van der Waals surface area contributed by atoms with Gasteiger partial charge in [0.15, 0.2) is 0 Å². The van der Waals surface area contributed by atoms with E-state index >= 15 is 0 Å². The normalized spacial score (nSPS) is 17.7. The molecule has 1 atom stereocenters. The maximum absolute atomic E-state index is 11.8. The molecule has 2 rings (SSSR count). The van der Waals surface area contributed by atoms with Crippen molar-refractivity contribution in [2.24, 2.45) is 0 Å². The second kappa shape index (κ2) is 6.40. The first-order valence-corrected chi connectivity index (χ1v) is 6.47. The smallest absolute Gasteiger partial charge is 0.220 e. The molecule has 1 unspecified atom stereocenters. The molecule has 1 aliphatic rings. The summed E-state index contributed by atoms with van der Waals surface area (Å²) in [6, 6.07) is 8.00. The molecule has 18 heavy (non-hydrogen) atoms. The van der Waals surface area contributed by atoms with Gasteiger partial charge in [0.25, 0.3) is 0 Å². The van der Waals surface area contributed by atoms with Crippen LogP contribution in [0.3, 0.4) is 0 Å². The number of carbonyl (C=O) groups is 1. The Morgan fingerprint density at radius 2 is 2.28 bits per heavy atom. The summed E-state index contributed by atoms with van der Waals surface area (Å²) in [5, 5.41) is 6.13. The van der Waals surface area contributed by atoms with Crippen molar-refractivity contribution in [1.82, 2.24) is 10.6 Å². The number of amides is 1. The van der Waals surface area contributed by atoms with E-state index in [2.05, 4.69) is 10.6 Å². The van der Waals surface area contributed by atoms with Crippen molar-refractivity contribution in [2.45, 2.75) is 25.3 Å². The minimum Gasteiger partial charge on any atom is -0.493 e. The predicted molar refractivity (Wildman–Crippen MR) is 70.6 cm³/mol. The number of hydrogen-bond donors (Lipinski definition) is 2. The van der Waals surface area contributed by atoms with Gasteiger partial charge in [0.05, 0.1) is 12.6 Å². The van der Waals surface area contributed by atoms with Crippen LogP contribution < -0.4 is 15.4 Å². The highest BCUT2D eigenvalue weighted by molar-refractivity contribution is 5.76. The van der Waals surface area contributed by atoms with Gasteiger partial charge in [-0.25, -0.2) is 0 Å². The Hall–Kier alpha value is -1.55. The molecule has 0 saturated heterocycles. The first-order chi connectivity index (χ1) is 8.81. The zero-order valence-electron chi connectivity index (χ0n) is 10.7. The van der Waals surface area contributed by atoms with E-state index in [0.29, 0.717) is 13.0 Å². The highest BCUT2D eigenvalue weighted by Gasteiger charge is 2.22. The van der Waals surface area contributed by atoms with E-state index in [-0.39, 0.29) is 11.9 Å². The van der Waals surface area contributed by atoms with Crippen LogP contribution in [0.4, 0.5) is 0 Å². The van der Waals surface area contributed by atoms with Gasteiger partial charge in [-0.2, -0.15) is 0 Å². The molecule has 4 nitrogen and oxygen atoms in total. The number of nitrogens with one attached hydrogen (secondary N) is 2. The van der Waals surface area contributed by atoms with E-state index in [1.165, 1.54) is 0 Å².